The van der Waals surface area contributed by atoms with Gasteiger partial charge in [0.1, 0.15) is 6.04 Å². The average molecular weight is 218 g/mol. The van der Waals surface area contributed by atoms with Gasteiger partial charge in [0, 0.05) is 13.1 Å². The largest absolute Gasteiger partial charge is 0.468 e. The summed E-state index contributed by atoms with van der Waals surface area (Å²) in [5.74, 6) is -0.419. The lowest BCUT2D eigenvalue weighted by molar-refractivity contribution is -0.144. The molecule has 1 atom stereocenters. The van der Waals surface area contributed by atoms with E-state index in [0.29, 0.717) is 6.54 Å². The maximum atomic E-state index is 11.1. The van der Waals surface area contributed by atoms with E-state index in [1.807, 2.05) is 0 Å². The van der Waals surface area contributed by atoms with Crippen molar-refractivity contribution < 1.29 is 14.6 Å². The molecule has 0 aliphatic heterocycles. The van der Waals surface area contributed by atoms with Crippen molar-refractivity contribution in [3.05, 3.63) is 0 Å². The molecule has 5 heteroatoms. The normalized spacial score (nSPS) is 12.9. The van der Waals surface area contributed by atoms with E-state index in [-0.39, 0.29) is 6.61 Å². The second-order valence-corrected chi connectivity index (χ2v) is 3.24. The van der Waals surface area contributed by atoms with E-state index in [9.17, 15) is 4.79 Å². The first-order valence-corrected chi connectivity index (χ1v) is 5.33. The molecule has 90 valence electrons. The highest BCUT2D eigenvalue weighted by Gasteiger charge is 2.16. The molecule has 1 unspecified atom stereocenters. The Labute approximate surface area is 91.4 Å². The highest BCUT2D eigenvalue weighted by atomic mass is 16.5. The number of hydrogen-bond acceptors (Lipinski definition) is 5. The Hall–Kier alpha value is -0.650. The van der Waals surface area contributed by atoms with Gasteiger partial charge < -0.3 is 20.1 Å². The van der Waals surface area contributed by atoms with Crippen LogP contribution in [0.1, 0.15) is 13.8 Å². The van der Waals surface area contributed by atoms with Gasteiger partial charge in [0.15, 0.2) is 0 Å². The third-order valence-electron chi connectivity index (χ3n) is 2.38. The third kappa shape index (κ3) is 5.71. The Morgan fingerprint density at radius 3 is 2.47 bits per heavy atom. The van der Waals surface area contributed by atoms with Crippen LogP contribution in [-0.4, -0.2) is 61.9 Å². The van der Waals surface area contributed by atoms with E-state index in [1.165, 1.54) is 7.11 Å². The minimum atomic E-state index is -0.606. The van der Waals surface area contributed by atoms with Crippen LogP contribution in [-0.2, 0) is 9.53 Å². The first kappa shape index (κ1) is 14.3. The number of ether oxygens (including phenoxy) is 1. The zero-order valence-electron chi connectivity index (χ0n) is 9.82. The highest BCUT2D eigenvalue weighted by Crippen LogP contribution is 1.88. The fourth-order valence-electron chi connectivity index (χ4n) is 1.30. The van der Waals surface area contributed by atoms with Gasteiger partial charge in [-0.1, -0.05) is 13.8 Å². The summed E-state index contributed by atoms with van der Waals surface area (Å²) in [6, 6.07) is -0.606. The minimum Gasteiger partial charge on any atom is -0.468 e. The molecule has 0 rings (SSSR count). The summed E-state index contributed by atoms with van der Waals surface area (Å²) in [7, 11) is 1.32. The fraction of sp³-hybridized carbons (Fsp3) is 0.900. The molecule has 0 radical (unpaired) electrons. The summed E-state index contributed by atoms with van der Waals surface area (Å²) in [5.41, 5.74) is 0. The number of esters is 1. The molecule has 0 saturated heterocycles. The Morgan fingerprint density at radius 1 is 1.47 bits per heavy atom. The van der Waals surface area contributed by atoms with Crippen molar-refractivity contribution in [2.45, 2.75) is 19.9 Å². The molecule has 0 amide bonds. The monoisotopic (exact) mass is 218 g/mol. The maximum absolute atomic E-state index is 11.1. The highest BCUT2D eigenvalue weighted by molar-refractivity contribution is 5.75. The molecule has 0 heterocycles. The lowest BCUT2D eigenvalue weighted by Crippen LogP contribution is -2.44. The van der Waals surface area contributed by atoms with Crippen LogP contribution >= 0.6 is 0 Å². The molecule has 0 bridgehead atoms. The Kier molecular flexibility index (Phi) is 8.27. The first-order chi connectivity index (χ1) is 7.19. The van der Waals surface area contributed by atoms with Gasteiger partial charge in [0.2, 0.25) is 0 Å². The molecule has 0 saturated carbocycles. The second-order valence-electron chi connectivity index (χ2n) is 3.24. The van der Waals surface area contributed by atoms with Gasteiger partial charge in [-0.2, -0.15) is 0 Å². The van der Waals surface area contributed by atoms with Crippen molar-refractivity contribution in [2.75, 3.05) is 39.9 Å². The van der Waals surface area contributed by atoms with Crippen molar-refractivity contribution in [2.24, 2.45) is 0 Å². The Balaban J connectivity index is 3.76. The van der Waals surface area contributed by atoms with Crippen LogP contribution in [0.2, 0.25) is 0 Å². The number of rotatable bonds is 8. The van der Waals surface area contributed by atoms with Crippen molar-refractivity contribution in [3.63, 3.8) is 0 Å². The topological polar surface area (TPSA) is 61.8 Å². The van der Waals surface area contributed by atoms with Crippen molar-refractivity contribution >= 4 is 5.97 Å². The first-order valence-electron chi connectivity index (χ1n) is 5.33. The zero-order chi connectivity index (χ0) is 11.7. The van der Waals surface area contributed by atoms with E-state index in [2.05, 4.69) is 28.8 Å². The van der Waals surface area contributed by atoms with Crippen LogP contribution in [0.4, 0.5) is 0 Å². The number of aliphatic hydroxyl groups excluding tert-OH is 1. The van der Waals surface area contributed by atoms with Gasteiger partial charge in [-0.15, -0.1) is 0 Å². The van der Waals surface area contributed by atoms with Crippen molar-refractivity contribution in [3.8, 4) is 0 Å². The number of likely N-dealkylation sites (N-methyl/N-ethyl adjacent to an activating group) is 1. The molecule has 0 aliphatic carbocycles. The molecule has 0 aliphatic rings. The summed E-state index contributed by atoms with van der Waals surface area (Å²) in [6.45, 7) is 7.45. The Morgan fingerprint density at radius 2 is 2.07 bits per heavy atom. The molecule has 2 N–H and O–H groups in total. The summed E-state index contributed by atoms with van der Waals surface area (Å²) in [6.07, 6.45) is 0. The minimum absolute atomic E-state index is 0.231. The van der Waals surface area contributed by atoms with Crippen LogP contribution in [0.15, 0.2) is 0 Å². The van der Waals surface area contributed by atoms with Crippen LogP contribution < -0.4 is 5.32 Å². The predicted octanol–water partition coefficient (Wildman–Crippen LogP) is -0.548. The van der Waals surface area contributed by atoms with Crippen molar-refractivity contribution in [1.29, 1.82) is 0 Å². The van der Waals surface area contributed by atoms with Gasteiger partial charge in [0.25, 0.3) is 0 Å². The molecule has 15 heavy (non-hydrogen) atoms. The molecule has 0 aromatic rings. The lowest BCUT2D eigenvalue weighted by Gasteiger charge is -2.20. The smallest absolute Gasteiger partial charge is 0.325 e. The number of nitrogens with zero attached hydrogens (tertiary/aromatic N) is 1. The molecular formula is C10H22N2O3. The van der Waals surface area contributed by atoms with Crippen LogP contribution in [0.5, 0.6) is 0 Å². The van der Waals surface area contributed by atoms with Crippen molar-refractivity contribution in [1.82, 2.24) is 10.2 Å². The summed E-state index contributed by atoms with van der Waals surface area (Å²) < 4.78 is 4.54. The van der Waals surface area contributed by atoms with Gasteiger partial charge in [0.05, 0.1) is 13.7 Å². The van der Waals surface area contributed by atoms with Crippen LogP contribution in [0.25, 0.3) is 0 Å². The maximum Gasteiger partial charge on any atom is 0.325 e. The van der Waals surface area contributed by atoms with Gasteiger partial charge in [-0.05, 0) is 13.1 Å². The fourth-order valence-corrected chi connectivity index (χ4v) is 1.30. The van der Waals surface area contributed by atoms with E-state index < -0.39 is 12.0 Å². The van der Waals surface area contributed by atoms with Gasteiger partial charge >= 0.3 is 5.97 Å². The van der Waals surface area contributed by atoms with Gasteiger partial charge in [-0.3, -0.25) is 4.79 Å². The number of carbonyl (C=O) groups is 1. The van der Waals surface area contributed by atoms with E-state index in [4.69, 9.17) is 5.11 Å². The number of carbonyl (C=O) groups excluding carboxylic acids is 1. The van der Waals surface area contributed by atoms with Gasteiger partial charge in [-0.25, -0.2) is 0 Å². The second kappa shape index (κ2) is 8.64. The van der Waals surface area contributed by atoms with Crippen LogP contribution in [0.3, 0.4) is 0 Å². The standard InChI is InChI=1S/C10H22N2O3/c1-4-12(5-2)7-6-11-9(8-13)10(14)15-3/h9,11,13H,4-8H2,1-3H3. The van der Waals surface area contributed by atoms with E-state index >= 15 is 0 Å². The van der Waals surface area contributed by atoms with Crippen LogP contribution in [0, 0.1) is 0 Å². The summed E-state index contributed by atoms with van der Waals surface area (Å²) >= 11 is 0. The number of hydrogen-bond donors (Lipinski definition) is 2. The molecule has 5 nitrogen and oxygen atoms in total. The quantitative estimate of drug-likeness (QED) is 0.535. The van der Waals surface area contributed by atoms with E-state index in [0.717, 1.165) is 19.6 Å². The molecule has 0 spiro atoms. The number of nitrogens with one attached hydrogen (secondary N) is 1. The van der Waals surface area contributed by atoms with E-state index in [1.54, 1.807) is 0 Å². The summed E-state index contributed by atoms with van der Waals surface area (Å²) in [5, 5.41) is 11.9. The zero-order valence-corrected chi connectivity index (χ0v) is 9.82. The number of methoxy groups -OCH3 is 1. The Bertz CT molecular complexity index is 172. The number of aliphatic hydroxyl groups is 1. The SMILES string of the molecule is CCN(CC)CCNC(CO)C(=O)OC. The summed E-state index contributed by atoms with van der Waals surface area (Å²) in [4.78, 5) is 13.3. The molecule has 0 aromatic carbocycles. The molecule has 0 aromatic heterocycles. The average Bonchev–Trinajstić information content (AvgIpc) is 2.28. The third-order valence-corrected chi connectivity index (χ3v) is 2.38. The lowest BCUT2D eigenvalue weighted by atomic mass is 10.3. The molecular weight excluding hydrogens is 196 g/mol. The molecule has 0 fully saturated rings. The predicted molar refractivity (Wildman–Crippen MR) is 58.7 cm³/mol.